The Morgan fingerprint density at radius 3 is 1.88 bits per heavy atom. The average Bonchev–Trinajstić information content (AvgIpc) is 2.65. The van der Waals surface area contributed by atoms with Gasteiger partial charge in [-0.2, -0.15) is 0 Å². The Labute approximate surface area is 144 Å². The van der Waals surface area contributed by atoms with Crippen LogP contribution in [-0.4, -0.2) is 45.5 Å². The van der Waals surface area contributed by atoms with Crippen LogP contribution in [0.4, 0.5) is 0 Å². The molecule has 0 bridgehead atoms. The van der Waals surface area contributed by atoms with E-state index >= 15 is 0 Å². The van der Waals surface area contributed by atoms with Crippen LogP contribution in [0.5, 0.6) is 0 Å². The van der Waals surface area contributed by atoms with Crippen LogP contribution in [0.15, 0.2) is 29.2 Å². The molecule has 0 aliphatic carbocycles. The van der Waals surface area contributed by atoms with Gasteiger partial charge in [0, 0.05) is 0 Å². The van der Waals surface area contributed by atoms with Gasteiger partial charge in [-0.15, -0.1) is 0 Å². The number of sulfonamides is 1. The van der Waals surface area contributed by atoms with Crippen molar-refractivity contribution in [3.8, 4) is 0 Å². The molecule has 0 aromatic heterocycles. The van der Waals surface area contributed by atoms with Gasteiger partial charge < -0.3 is 14.0 Å². The molecular weight excluding hydrogens is 329 g/mol. The topological polar surface area (TPSA) is 73.9 Å². The van der Waals surface area contributed by atoms with E-state index in [4.69, 9.17) is 14.0 Å². The van der Waals surface area contributed by atoms with Crippen LogP contribution in [0.2, 0.25) is 0 Å². The van der Waals surface area contributed by atoms with Gasteiger partial charge >= 0.3 is 7.12 Å². The highest BCUT2D eigenvalue weighted by Gasteiger charge is 2.51. The van der Waals surface area contributed by atoms with Gasteiger partial charge in [0.25, 0.3) is 0 Å². The Kier molecular flexibility index (Phi) is 4.13. The molecule has 2 fully saturated rings. The molecule has 2 saturated heterocycles. The first-order chi connectivity index (χ1) is 10.9. The third-order valence-corrected chi connectivity index (χ3v) is 6.59. The van der Waals surface area contributed by atoms with E-state index in [1.54, 1.807) is 24.3 Å². The van der Waals surface area contributed by atoms with Gasteiger partial charge in [-0.25, -0.2) is 13.1 Å². The minimum atomic E-state index is -3.58. The van der Waals surface area contributed by atoms with Crippen LogP contribution in [0, 0.1) is 0 Å². The second-order valence-corrected chi connectivity index (χ2v) is 9.50. The maximum atomic E-state index is 12.5. The van der Waals surface area contributed by atoms with Crippen LogP contribution in [-0.2, 0) is 24.1 Å². The summed E-state index contributed by atoms with van der Waals surface area (Å²) in [5.74, 6) is 0. The van der Waals surface area contributed by atoms with E-state index < -0.39 is 33.9 Å². The highest BCUT2D eigenvalue weighted by Crippen LogP contribution is 2.36. The van der Waals surface area contributed by atoms with Crippen molar-refractivity contribution < 1.29 is 22.5 Å². The molecule has 2 aliphatic rings. The number of rotatable bonds is 4. The molecule has 0 atom stereocenters. The molecule has 24 heavy (non-hydrogen) atoms. The predicted octanol–water partition coefficient (Wildman–Crippen LogP) is 1.05. The Hall–Kier alpha value is -0.925. The van der Waals surface area contributed by atoms with Crippen molar-refractivity contribution >= 4 is 22.6 Å². The molecule has 0 radical (unpaired) electrons. The van der Waals surface area contributed by atoms with Crippen LogP contribution in [0.25, 0.3) is 0 Å². The molecular formula is C16H24BNO5S. The van der Waals surface area contributed by atoms with Crippen molar-refractivity contribution in [3.63, 3.8) is 0 Å². The quantitative estimate of drug-likeness (QED) is 0.820. The first-order valence-corrected chi connectivity index (χ1v) is 9.50. The zero-order valence-electron chi connectivity index (χ0n) is 14.8. The molecule has 0 saturated carbocycles. The van der Waals surface area contributed by atoms with Gasteiger partial charge in [0.2, 0.25) is 10.0 Å². The number of nitrogens with one attached hydrogen (secondary N) is 1. The lowest BCUT2D eigenvalue weighted by molar-refractivity contribution is -0.0523. The zero-order valence-corrected chi connectivity index (χ0v) is 15.6. The molecule has 0 spiro atoms. The molecule has 1 N–H and O–H groups in total. The minimum Gasteiger partial charge on any atom is -0.399 e. The molecule has 132 valence electrons. The van der Waals surface area contributed by atoms with Gasteiger partial charge in [-0.1, -0.05) is 12.1 Å². The normalized spacial score (nSPS) is 24.6. The van der Waals surface area contributed by atoms with Gasteiger partial charge in [0.1, 0.15) is 0 Å². The maximum Gasteiger partial charge on any atom is 0.494 e. The summed E-state index contributed by atoms with van der Waals surface area (Å²) < 4.78 is 44.6. The third kappa shape index (κ3) is 3.13. The zero-order chi connectivity index (χ0) is 17.8. The van der Waals surface area contributed by atoms with Crippen molar-refractivity contribution in [3.05, 3.63) is 24.3 Å². The SMILES string of the molecule is CC1(NS(=O)(=O)c2ccc(B3OC(C)(C)C(C)(C)O3)cc2)COC1. The van der Waals surface area contributed by atoms with E-state index in [0.29, 0.717) is 13.2 Å². The van der Waals surface area contributed by atoms with E-state index in [-0.39, 0.29) is 4.90 Å². The van der Waals surface area contributed by atoms with Crippen LogP contribution < -0.4 is 10.2 Å². The number of hydrogen-bond acceptors (Lipinski definition) is 5. The first kappa shape index (κ1) is 17.9. The van der Waals surface area contributed by atoms with Crippen LogP contribution in [0.3, 0.4) is 0 Å². The summed E-state index contributed by atoms with van der Waals surface area (Å²) in [5, 5.41) is 0. The highest BCUT2D eigenvalue weighted by molar-refractivity contribution is 7.89. The fourth-order valence-electron chi connectivity index (χ4n) is 2.63. The van der Waals surface area contributed by atoms with Gasteiger partial charge in [0.05, 0.1) is 34.9 Å². The third-order valence-electron chi connectivity index (χ3n) is 4.94. The predicted molar refractivity (Wildman–Crippen MR) is 91.7 cm³/mol. The van der Waals surface area contributed by atoms with E-state index in [2.05, 4.69) is 4.72 Å². The average molecular weight is 353 g/mol. The van der Waals surface area contributed by atoms with Gasteiger partial charge in [-0.3, -0.25) is 0 Å². The number of ether oxygens (including phenoxy) is 1. The van der Waals surface area contributed by atoms with E-state index in [0.717, 1.165) is 5.46 Å². The number of hydrogen-bond donors (Lipinski definition) is 1. The van der Waals surface area contributed by atoms with E-state index in [9.17, 15) is 8.42 Å². The molecule has 2 heterocycles. The molecule has 0 unspecified atom stereocenters. The van der Waals surface area contributed by atoms with Crippen molar-refractivity contribution in [2.45, 2.75) is 56.3 Å². The molecule has 6 nitrogen and oxygen atoms in total. The maximum absolute atomic E-state index is 12.5. The van der Waals surface area contributed by atoms with Gasteiger partial charge in [-0.05, 0) is 52.2 Å². The molecule has 2 aliphatic heterocycles. The smallest absolute Gasteiger partial charge is 0.399 e. The molecule has 1 aromatic carbocycles. The summed E-state index contributed by atoms with van der Waals surface area (Å²) >= 11 is 0. The Balaban J connectivity index is 1.77. The largest absolute Gasteiger partial charge is 0.494 e. The summed E-state index contributed by atoms with van der Waals surface area (Å²) in [6, 6.07) is 6.61. The standard InChI is InChI=1S/C16H24BNO5S/c1-14(2)15(3,4)23-17(22-14)12-6-8-13(9-7-12)24(19,20)18-16(5)10-21-11-16/h6-9,18H,10-11H2,1-5H3. The fourth-order valence-corrected chi connectivity index (χ4v) is 4.01. The fraction of sp³-hybridized carbons (Fsp3) is 0.625. The number of benzene rings is 1. The lowest BCUT2D eigenvalue weighted by atomic mass is 9.79. The monoisotopic (exact) mass is 353 g/mol. The lowest BCUT2D eigenvalue weighted by Crippen LogP contribution is -2.59. The molecule has 3 rings (SSSR count). The summed E-state index contributed by atoms with van der Waals surface area (Å²) in [6.07, 6.45) is 0. The van der Waals surface area contributed by atoms with Crippen molar-refractivity contribution in [1.82, 2.24) is 4.72 Å². The van der Waals surface area contributed by atoms with E-state index in [1.807, 2.05) is 34.6 Å². The Morgan fingerprint density at radius 2 is 1.46 bits per heavy atom. The second kappa shape index (κ2) is 5.54. The summed E-state index contributed by atoms with van der Waals surface area (Å²) in [5.41, 5.74) is -0.583. The summed E-state index contributed by atoms with van der Waals surface area (Å²) in [6.45, 7) is 10.5. The molecule has 1 aromatic rings. The lowest BCUT2D eigenvalue weighted by Gasteiger charge is -2.38. The Morgan fingerprint density at radius 1 is 0.958 bits per heavy atom. The second-order valence-electron chi connectivity index (χ2n) is 7.82. The summed E-state index contributed by atoms with van der Waals surface area (Å²) in [4.78, 5) is 0.218. The molecule has 8 heteroatoms. The van der Waals surface area contributed by atoms with Crippen LogP contribution in [0.1, 0.15) is 34.6 Å². The highest BCUT2D eigenvalue weighted by atomic mass is 32.2. The van der Waals surface area contributed by atoms with Crippen molar-refractivity contribution in [1.29, 1.82) is 0 Å². The van der Waals surface area contributed by atoms with E-state index in [1.165, 1.54) is 0 Å². The van der Waals surface area contributed by atoms with Crippen molar-refractivity contribution in [2.24, 2.45) is 0 Å². The van der Waals surface area contributed by atoms with Crippen molar-refractivity contribution in [2.75, 3.05) is 13.2 Å². The minimum absolute atomic E-state index is 0.218. The Bertz CT molecular complexity index is 709. The van der Waals surface area contributed by atoms with Gasteiger partial charge in [0.15, 0.2) is 0 Å². The first-order valence-electron chi connectivity index (χ1n) is 8.02. The van der Waals surface area contributed by atoms with Crippen LogP contribution >= 0.6 is 0 Å². The molecule has 0 amide bonds. The summed E-state index contributed by atoms with van der Waals surface area (Å²) in [7, 11) is -4.08.